The number of rotatable bonds is 11. The van der Waals surface area contributed by atoms with Crippen LogP contribution in [0.3, 0.4) is 0 Å². The van der Waals surface area contributed by atoms with E-state index in [1.807, 2.05) is 39.3 Å². The van der Waals surface area contributed by atoms with Crippen molar-refractivity contribution in [3.8, 4) is 0 Å². The number of aryl methyl sites for hydroxylation is 2. The Bertz CT molecular complexity index is 565. The van der Waals surface area contributed by atoms with Gasteiger partial charge in [-0.25, -0.2) is 6.42 Å². The first kappa shape index (κ1) is 34.8. The minimum atomic E-state index is 0. The average molecular weight is 566 g/mol. The van der Waals surface area contributed by atoms with Crippen molar-refractivity contribution in [2.24, 2.45) is 0 Å². The standard InChI is InChI=1S/C9H19.C7H12N3.C6H9N3.2Y/c1-3-5-7-9-8-6-4-2;1-3-4-5-10-6-7(2)8-9-10;1-3-4-9-5-6(2)7-8-9;;/h1,3-9H2,2H3;5-6H,3-4H2,1-2H3;4-5H,1,3H2,2H3;;/q2*-1;-2;;. The molecule has 0 unspecified atom stereocenters. The Kier molecular flexibility index (Phi) is 29.6. The van der Waals surface area contributed by atoms with Crippen LogP contribution in [0.15, 0.2) is 12.4 Å². The van der Waals surface area contributed by atoms with Crippen LogP contribution in [0.4, 0.5) is 0 Å². The first-order valence-electron chi connectivity index (χ1n) is 10.6. The van der Waals surface area contributed by atoms with Crippen LogP contribution in [0, 0.1) is 40.8 Å². The van der Waals surface area contributed by atoms with Gasteiger partial charge in [0, 0.05) is 65.4 Å². The molecule has 168 valence electrons. The molecule has 30 heavy (non-hydrogen) atoms. The summed E-state index contributed by atoms with van der Waals surface area (Å²) in [6.45, 7) is 19.6. The van der Waals surface area contributed by atoms with Crippen LogP contribution in [0.1, 0.15) is 89.4 Å². The second-order valence-electron chi connectivity index (χ2n) is 6.74. The minimum absolute atomic E-state index is 0. The summed E-state index contributed by atoms with van der Waals surface area (Å²) in [4.78, 5) is 0. The molecule has 2 rings (SSSR count). The van der Waals surface area contributed by atoms with Crippen LogP contribution in [0.2, 0.25) is 0 Å². The van der Waals surface area contributed by atoms with Gasteiger partial charge in [-0.2, -0.15) is 23.2 Å². The molecule has 6 nitrogen and oxygen atoms in total. The third-order valence-corrected chi connectivity index (χ3v) is 3.77. The molecular formula is C22H40N6Y2-4. The van der Waals surface area contributed by atoms with Crippen LogP contribution < -0.4 is 0 Å². The van der Waals surface area contributed by atoms with E-state index in [4.69, 9.17) is 0 Å². The summed E-state index contributed by atoms with van der Waals surface area (Å²) < 4.78 is 3.43. The van der Waals surface area contributed by atoms with Gasteiger partial charge in [-0.05, 0) is 25.2 Å². The molecule has 2 aromatic rings. The van der Waals surface area contributed by atoms with Gasteiger partial charge in [0.25, 0.3) is 0 Å². The SMILES string of the molecule is CCC[CH-]n1cc(C)nn1.[CH2-]CCCCCCCC.[CH2-]C[CH-]n1cc(C)nn1.[Y].[Y]. The molecule has 0 aromatic carbocycles. The third kappa shape index (κ3) is 21.5. The van der Waals surface area contributed by atoms with Crippen molar-refractivity contribution in [3.05, 3.63) is 50.7 Å². The van der Waals surface area contributed by atoms with Crippen molar-refractivity contribution in [3.63, 3.8) is 0 Å². The molecule has 8 heteroatoms. The molecule has 0 atom stereocenters. The van der Waals surface area contributed by atoms with E-state index in [-0.39, 0.29) is 65.4 Å². The Morgan fingerprint density at radius 1 is 0.767 bits per heavy atom. The molecule has 0 bridgehead atoms. The molecular weight excluding hydrogens is 526 g/mol. The number of hydrogen-bond donors (Lipinski definition) is 0. The summed E-state index contributed by atoms with van der Waals surface area (Å²) in [5, 5.41) is 15.3. The smallest absolute Gasteiger partial charge is 0 e. The summed E-state index contributed by atoms with van der Waals surface area (Å²) in [6.07, 6.45) is 16.2. The molecule has 0 amide bonds. The number of aromatic nitrogens is 6. The van der Waals surface area contributed by atoms with Gasteiger partial charge in [0.2, 0.25) is 0 Å². The first-order chi connectivity index (χ1) is 13.6. The maximum atomic E-state index is 3.86. The van der Waals surface area contributed by atoms with Crippen LogP contribution in [-0.4, -0.2) is 30.0 Å². The molecule has 0 fully saturated rings. The van der Waals surface area contributed by atoms with Gasteiger partial charge in [0.05, 0.1) is 0 Å². The predicted octanol–water partition coefficient (Wildman–Crippen LogP) is 5.78. The van der Waals surface area contributed by atoms with Gasteiger partial charge in [-0.15, -0.1) is 6.54 Å². The van der Waals surface area contributed by atoms with Gasteiger partial charge < -0.3 is 23.2 Å². The Morgan fingerprint density at radius 3 is 1.67 bits per heavy atom. The van der Waals surface area contributed by atoms with Crippen molar-refractivity contribution in [2.45, 2.75) is 91.9 Å². The molecule has 0 aliphatic heterocycles. The maximum Gasteiger partial charge on any atom is 0 e. The molecule has 0 aliphatic carbocycles. The van der Waals surface area contributed by atoms with Crippen molar-refractivity contribution in [2.75, 3.05) is 0 Å². The topological polar surface area (TPSA) is 61.4 Å². The Labute approximate surface area is 235 Å². The normalized spacial score (nSPS) is 9.13. The van der Waals surface area contributed by atoms with E-state index in [1.54, 1.807) is 9.36 Å². The summed E-state index contributed by atoms with van der Waals surface area (Å²) in [5.74, 6) is 0. The Balaban J connectivity index is -0.000000354. The van der Waals surface area contributed by atoms with Gasteiger partial charge in [0.1, 0.15) is 0 Å². The van der Waals surface area contributed by atoms with Crippen molar-refractivity contribution in [1.82, 2.24) is 30.0 Å². The van der Waals surface area contributed by atoms with Crippen LogP contribution in [0.25, 0.3) is 0 Å². The molecule has 2 heterocycles. The molecule has 0 spiro atoms. The molecule has 0 saturated heterocycles. The van der Waals surface area contributed by atoms with Gasteiger partial charge in [-0.1, -0.05) is 88.0 Å². The summed E-state index contributed by atoms with van der Waals surface area (Å²) >= 11 is 0. The van der Waals surface area contributed by atoms with Crippen LogP contribution >= 0.6 is 0 Å². The second-order valence-corrected chi connectivity index (χ2v) is 6.74. The zero-order chi connectivity index (χ0) is 21.0. The number of unbranched alkanes of at least 4 members (excludes halogenated alkanes) is 7. The van der Waals surface area contributed by atoms with Crippen molar-refractivity contribution >= 4 is 0 Å². The Morgan fingerprint density at radius 2 is 1.27 bits per heavy atom. The summed E-state index contributed by atoms with van der Waals surface area (Å²) in [7, 11) is 0. The quantitative estimate of drug-likeness (QED) is 0.256. The minimum Gasteiger partial charge on any atom is -0.388 e. The number of hydrogen-bond acceptors (Lipinski definition) is 4. The van der Waals surface area contributed by atoms with Gasteiger partial charge in [0.15, 0.2) is 0 Å². The molecule has 0 saturated carbocycles. The number of nitrogens with zero attached hydrogens (tertiary/aromatic N) is 6. The van der Waals surface area contributed by atoms with E-state index in [0.717, 1.165) is 37.1 Å². The van der Waals surface area contributed by atoms with E-state index in [0.29, 0.717) is 0 Å². The van der Waals surface area contributed by atoms with Crippen molar-refractivity contribution in [1.29, 1.82) is 0 Å². The summed E-state index contributed by atoms with van der Waals surface area (Å²) in [6, 6.07) is 0. The van der Waals surface area contributed by atoms with Crippen molar-refractivity contribution < 1.29 is 65.4 Å². The molecule has 0 aliphatic rings. The molecule has 2 aromatic heterocycles. The van der Waals surface area contributed by atoms with Crippen LogP contribution in [-0.2, 0) is 65.4 Å². The Hall–Kier alpha value is 0.228. The van der Waals surface area contributed by atoms with E-state index < -0.39 is 0 Å². The first-order valence-corrected chi connectivity index (χ1v) is 10.6. The van der Waals surface area contributed by atoms with E-state index in [2.05, 4.69) is 48.3 Å². The zero-order valence-electron chi connectivity index (χ0n) is 19.6. The van der Waals surface area contributed by atoms with E-state index >= 15 is 0 Å². The van der Waals surface area contributed by atoms with Gasteiger partial charge in [-0.3, -0.25) is 0 Å². The predicted molar refractivity (Wildman–Crippen MR) is 117 cm³/mol. The zero-order valence-corrected chi connectivity index (χ0v) is 25.3. The maximum absolute atomic E-state index is 3.86. The molecule has 0 N–H and O–H groups in total. The van der Waals surface area contributed by atoms with E-state index in [1.165, 1.54) is 38.5 Å². The largest absolute Gasteiger partial charge is 0.388 e. The second kappa shape index (κ2) is 25.5. The third-order valence-electron chi connectivity index (χ3n) is 3.77. The van der Waals surface area contributed by atoms with Crippen LogP contribution in [0.5, 0.6) is 0 Å². The average Bonchev–Trinajstić information content (AvgIpc) is 3.29. The monoisotopic (exact) mass is 566 g/mol. The fourth-order valence-electron chi connectivity index (χ4n) is 2.26. The van der Waals surface area contributed by atoms with Gasteiger partial charge >= 0.3 is 0 Å². The summed E-state index contributed by atoms with van der Waals surface area (Å²) in [5.41, 5.74) is 1.90. The molecule has 2 radical (unpaired) electrons. The van der Waals surface area contributed by atoms with E-state index in [9.17, 15) is 0 Å². The fourth-order valence-corrected chi connectivity index (χ4v) is 2.26. The fraction of sp³-hybridized carbons (Fsp3) is 0.636.